The van der Waals surface area contributed by atoms with Gasteiger partial charge in [0.1, 0.15) is 11.6 Å². The van der Waals surface area contributed by atoms with Gasteiger partial charge in [0.2, 0.25) is 0 Å². The molecular weight excluding hydrogens is 296 g/mol. The van der Waals surface area contributed by atoms with Crippen LogP contribution >= 0.6 is 12.2 Å². The Balaban J connectivity index is 1.87. The van der Waals surface area contributed by atoms with Crippen LogP contribution in [-0.4, -0.2) is 30.1 Å². The maximum absolute atomic E-state index is 13.6. The van der Waals surface area contributed by atoms with Crippen molar-refractivity contribution in [2.24, 2.45) is 5.10 Å². The largest absolute Gasteiger partial charge is 0.376 e. The lowest BCUT2D eigenvalue weighted by Gasteiger charge is -2.12. The van der Waals surface area contributed by atoms with Gasteiger partial charge in [0.15, 0.2) is 5.11 Å². The van der Waals surface area contributed by atoms with Gasteiger partial charge in [-0.3, -0.25) is 5.43 Å². The van der Waals surface area contributed by atoms with Gasteiger partial charge in [-0.25, -0.2) is 8.78 Å². The topological polar surface area (TPSA) is 45.7 Å². The highest BCUT2D eigenvalue weighted by molar-refractivity contribution is 7.80. The molecule has 1 aliphatic heterocycles. The number of hydrazone groups is 1. The summed E-state index contributed by atoms with van der Waals surface area (Å²) < 4.78 is 32.1. The second-order valence-electron chi connectivity index (χ2n) is 4.78. The van der Waals surface area contributed by atoms with Crippen LogP contribution in [0.2, 0.25) is 0 Å². The maximum Gasteiger partial charge on any atom is 0.187 e. The fourth-order valence-electron chi connectivity index (χ4n) is 2.02. The van der Waals surface area contributed by atoms with Gasteiger partial charge in [-0.05, 0) is 50.2 Å². The first-order valence-electron chi connectivity index (χ1n) is 6.71. The van der Waals surface area contributed by atoms with E-state index in [9.17, 15) is 8.78 Å². The molecule has 2 N–H and O–H groups in total. The van der Waals surface area contributed by atoms with E-state index in [1.807, 2.05) is 0 Å². The molecule has 21 heavy (non-hydrogen) atoms. The van der Waals surface area contributed by atoms with Gasteiger partial charge in [0, 0.05) is 18.7 Å². The molecule has 2 rings (SSSR count). The van der Waals surface area contributed by atoms with Gasteiger partial charge in [-0.15, -0.1) is 0 Å². The first-order chi connectivity index (χ1) is 10.1. The van der Waals surface area contributed by atoms with E-state index in [1.54, 1.807) is 6.92 Å². The number of nitrogens with zero attached hydrogens (tertiary/aromatic N) is 1. The quantitative estimate of drug-likeness (QED) is 0.509. The van der Waals surface area contributed by atoms with Gasteiger partial charge in [0.05, 0.1) is 11.8 Å². The molecule has 1 heterocycles. The average Bonchev–Trinajstić information content (AvgIpc) is 2.98. The number of thiocarbonyl (C=S) groups is 1. The van der Waals surface area contributed by atoms with E-state index >= 15 is 0 Å². The molecule has 0 radical (unpaired) electrons. The lowest BCUT2D eigenvalue weighted by molar-refractivity contribution is 0.114. The highest BCUT2D eigenvalue weighted by Crippen LogP contribution is 2.11. The Hall–Kier alpha value is -1.60. The first-order valence-corrected chi connectivity index (χ1v) is 7.12. The van der Waals surface area contributed by atoms with E-state index in [0.717, 1.165) is 37.6 Å². The van der Waals surface area contributed by atoms with Crippen LogP contribution in [0.25, 0.3) is 0 Å². The minimum absolute atomic E-state index is 0.101. The third-order valence-corrected chi connectivity index (χ3v) is 3.39. The summed E-state index contributed by atoms with van der Waals surface area (Å²) in [5.41, 5.74) is 3.03. The Bertz CT molecular complexity index is 545. The SMILES string of the molecule is C/C(=N/NC(=S)NC[C@@H]1CCCO1)c1cc(F)ccc1F. The molecule has 0 aromatic heterocycles. The summed E-state index contributed by atoms with van der Waals surface area (Å²) >= 11 is 5.06. The van der Waals surface area contributed by atoms with Crippen molar-refractivity contribution in [1.29, 1.82) is 0 Å². The molecule has 7 heteroatoms. The minimum Gasteiger partial charge on any atom is -0.376 e. The van der Waals surface area contributed by atoms with Crippen molar-refractivity contribution in [2.45, 2.75) is 25.9 Å². The summed E-state index contributed by atoms with van der Waals surface area (Å²) in [6.45, 7) is 2.96. The Morgan fingerprint density at radius 3 is 3.00 bits per heavy atom. The maximum atomic E-state index is 13.6. The molecule has 1 aromatic rings. The predicted molar refractivity (Wildman–Crippen MR) is 81.3 cm³/mol. The fourth-order valence-corrected chi connectivity index (χ4v) is 2.15. The van der Waals surface area contributed by atoms with Crippen molar-refractivity contribution in [3.05, 3.63) is 35.4 Å². The number of hydrogen-bond acceptors (Lipinski definition) is 3. The molecule has 114 valence electrons. The predicted octanol–water partition coefficient (Wildman–Crippen LogP) is 2.33. The number of benzene rings is 1. The molecule has 0 saturated carbocycles. The molecule has 1 atom stereocenters. The third kappa shape index (κ3) is 4.71. The molecule has 1 saturated heterocycles. The Labute approximate surface area is 127 Å². The van der Waals surface area contributed by atoms with Crippen molar-refractivity contribution in [2.75, 3.05) is 13.2 Å². The van der Waals surface area contributed by atoms with Crippen LogP contribution in [0.3, 0.4) is 0 Å². The van der Waals surface area contributed by atoms with E-state index in [2.05, 4.69) is 15.8 Å². The smallest absolute Gasteiger partial charge is 0.187 e. The van der Waals surface area contributed by atoms with Crippen molar-refractivity contribution >= 4 is 23.0 Å². The zero-order chi connectivity index (χ0) is 15.2. The highest BCUT2D eigenvalue weighted by Gasteiger charge is 2.15. The van der Waals surface area contributed by atoms with Crippen LogP contribution in [-0.2, 0) is 4.74 Å². The van der Waals surface area contributed by atoms with Crippen LogP contribution in [0.1, 0.15) is 25.3 Å². The van der Waals surface area contributed by atoms with E-state index < -0.39 is 11.6 Å². The van der Waals surface area contributed by atoms with Gasteiger partial charge in [0.25, 0.3) is 0 Å². The molecule has 4 nitrogen and oxygen atoms in total. The molecule has 0 unspecified atom stereocenters. The Morgan fingerprint density at radius 2 is 2.29 bits per heavy atom. The summed E-state index contributed by atoms with van der Waals surface area (Å²) in [4.78, 5) is 0. The van der Waals surface area contributed by atoms with E-state index in [-0.39, 0.29) is 11.7 Å². The normalized spacial score (nSPS) is 18.6. The molecule has 1 aromatic carbocycles. The number of hydrogen-bond donors (Lipinski definition) is 2. The van der Waals surface area contributed by atoms with Crippen LogP contribution in [0.15, 0.2) is 23.3 Å². The third-order valence-electron chi connectivity index (χ3n) is 3.16. The molecule has 1 fully saturated rings. The molecule has 1 aliphatic rings. The second-order valence-corrected chi connectivity index (χ2v) is 5.19. The Morgan fingerprint density at radius 1 is 1.48 bits per heavy atom. The standard InChI is InChI=1S/C14H17F2N3OS/c1-9(12-7-10(15)4-5-13(12)16)18-19-14(21)17-8-11-3-2-6-20-11/h4-5,7,11H,2-3,6,8H2,1H3,(H2,17,19,21)/b18-9-/t11-/m0/s1. The van der Waals surface area contributed by atoms with Gasteiger partial charge in [-0.1, -0.05) is 0 Å². The van der Waals surface area contributed by atoms with E-state index in [4.69, 9.17) is 17.0 Å². The number of nitrogens with one attached hydrogen (secondary N) is 2. The van der Waals surface area contributed by atoms with Crippen molar-refractivity contribution in [1.82, 2.24) is 10.7 Å². The van der Waals surface area contributed by atoms with E-state index in [0.29, 0.717) is 17.4 Å². The molecular formula is C14H17F2N3OS. The Kier molecular flexibility index (Phi) is 5.58. The summed E-state index contributed by atoms with van der Waals surface area (Å²) in [5.74, 6) is -1.04. The monoisotopic (exact) mass is 313 g/mol. The summed E-state index contributed by atoms with van der Waals surface area (Å²) in [5, 5.41) is 7.26. The molecule has 0 spiro atoms. The minimum atomic E-state index is -0.530. The van der Waals surface area contributed by atoms with Gasteiger partial charge in [-0.2, -0.15) is 5.10 Å². The fraction of sp³-hybridized carbons (Fsp3) is 0.429. The van der Waals surface area contributed by atoms with Crippen LogP contribution in [0.4, 0.5) is 8.78 Å². The molecule has 0 amide bonds. The summed E-state index contributed by atoms with van der Waals surface area (Å²) in [6.07, 6.45) is 2.23. The van der Waals surface area contributed by atoms with Crippen LogP contribution in [0.5, 0.6) is 0 Å². The number of ether oxygens (including phenoxy) is 1. The first kappa shape index (κ1) is 15.8. The van der Waals surface area contributed by atoms with Crippen molar-refractivity contribution < 1.29 is 13.5 Å². The van der Waals surface area contributed by atoms with E-state index in [1.165, 1.54) is 0 Å². The van der Waals surface area contributed by atoms with Gasteiger partial charge >= 0.3 is 0 Å². The molecule has 0 bridgehead atoms. The van der Waals surface area contributed by atoms with Gasteiger partial charge < -0.3 is 10.1 Å². The molecule has 0 aliphatic carbocycles. The van der Waals surface area contributed by atoms with Crippen molar-refractivity contribution in [3.8, 4) is 0 Å². The van der Waals surface area contributed by atoms with Crippen LogP contribution < -0.4 is 10.7 Å². The summed E-state index contributed by atoms with van der Waals surface area (Å²) in [7, 11) is 0. The van der Waals surface area contributed by atoms with Crippen LogP contribution in [0, 0.1) is 11.6 Å². The summed E-state index contributed by atoms with van der Waals surface area (Å²) in [6, 6.07) is 3.23. The van der Waals surface area contributed by atoms with Crippen molar-refractivity contribution in [3.63, 3.8) is 0 Å². The lowest BCUT2D eigenvalue weighted by Crippen LogP contribution is -2.37. The average molecular weight is 313 g/mol. The zero-order valence-corrected chi connectivity index (χ0v) is 12.5. The zero-order valence-electron chi connectivity index (χ0n) is 11.7. The second kappa shape index (κ2) is 7.42. The number of rotatable bonds is 4. The highest BCUT2D eigenvalue weighted by atomic mass is 32.1. The number of halogens is 2. The lowest BCUT2D eigenvalue weighted by atomic mass is 10.1.